The summed E-state index contributed by atoms with van der Waals surface area (Å²) in [4.78, 5) is 11.5. The molecule has 0 aliphatic carbocycles. The van der Waals surface area contributed by atoms with Gasteiger partial charge in [0.05, 0.1) is 6.61 Å². The topological polar surface area (TPSA) is 108 Å². The fourth-order valence-corrected chi connectivity index (χ4v) is 2.99. The fraction of sp³-hybridized carbons (Fsp3) is 0.389. The Bertz CT molecular complexity index is 746. The van der Waals surface area contributed by atoms with Gasteiger partial charge in [0.2, 0.25) is 12.2 Å². The van der Waals surface area contributed by atoms with Gasteiger partial charge in [-0.05, 0) is 11.5 Å². The van der Waals surface area contributed by atoms with E-state index in [-0.39, 0.29) is 0 Å². The summed E-state index contributed by atoms with van der Waals surface area (Å²) in [7, 11) is 0. The third-order valence-corrected chi connectivity index (χ3v) is 4.24. The molecule has 0 bridgehead atoms. The zero-order valence-corrected chi connectivity index (χ0v) is 13.7. The predicted molar refractivity (Wildman–Crippen MR) is 89.9 cm³/mol. The number of carbonyl (C=O) groups is 1. The van der Waals surface area contributed by atoms with E-state index in [0.29, 0.717) is 5.75 Å². The summed E-state index contributed by atoms with van der Waals surface area (Å²) in [6.45, 7) is 0.812. The van der Waals surface area contributed by atoms with Crippen molar-refractivity contribution in [2.75, 3.05) is 6.61 Å². The third-order valence-electron chi connectivity index (χ3n) is 4.24. The molecule has 0 saturated carbocycles. The number of fused-ring (bicyclic) bond motifs is 1. The minimum absolute atomic E-state index is 0.395. The molecule has 1 aliphatic rings. The Hall–Kier alpha value is -2.19. The quantitative estimate of drug-likeness (QED) is 0.628. The molecule has 0 spiro atoms. The van der Waals surface area contributed by atoms with Gasteiger partial charge < -0.3 is 30.1 Å². The van der Waals surface area contributed by atoms with E-state index in [9.17, 15) is 20.1 Å². The zero-order valence-electron chi connectivity index (χ0n) is 13.7. The highest BCUT2D eigenvalue weighted by molar-refractivity contribution is 5.88. The van der Waals surface area contributed by atoms with Crippen molar-refractivity contribution in [2.24, 2.45) is 0 Å². The largest absolute Gasteiger partial charge is 0.462 e. The highest BCUT2D eigenvalue weighted by atomic mass is 16.7. The lowest BCUT2D eigenvalue weighted by atomic mass is 9.97. The molecule has 7 heteroatoms. The predicted octanol–water partition coefficient (Wildman–Crippen LogP) is 0.162. The van der Waals surface area contributed by atoms with Gasteiger partial charge in [0, 0.05) is 12.3 Å². The van der Waals surface area contributed by atoms with Crippen LogP contribution in [-0.2, 0) is 9.53 Å². The van der Waals surface area contributed by atoms with Gasteiger partial charge in [0.1, 0.15) is 30.1 Å². The maximum Gasteiger partial charge on any atom is 0.223 e. The Morgan fingerprint density at radius 3 is 2.60 bits per heavy atom. The number of benzene rings is 2. The number of amides is 1. The molecule has 2 aromatic rings. The first-order valence-corrected chi connectivity index (χ1v) is 8.05. The highest BCUT2D eigenvalue weighted by Gasteiger charge is 2.46. The Balaban J connectivity index is 1.92. The van der Waals surface area contributed by atoms with E-state index in [0.717, 1.165) is 10.8 Å². The molecule has 1 aliphatic heterocycles. The third kappa shape index (κ3) is 3.59. The van der Waals surface area contributed by atoms with Crippen LogP contribution in [0.3, 0.4) is 0 Å². The van der Waals surface area contributed by atoms with Crippen molar-refractivity contribution in [3.8, 4) is 5.75 Å². The van der Waals surface area contributed by atoms with Crippen LogP contribution in [0.1, 0.15) is 6.92 Å². The Morgan fingerprint density at radius 1 is 1.16 bits per heavy atom. The maximum absolute atomic E-state index is 11.5. The van der Waals surface area contributed by atoms with E-state index < -0.39 is 43.2 Å². The maximum atomic E-state index is 11.5. The molecule has 1 fully saturated rings. The number of nitrogens with one attached hydrogen (secondary N) is 1. The first-order chi connectivity index (χ1) is 12.0. The number of ether oxygens (including phenoxy) is 2. The highest BCUT2D eigenvalue weighted by Crippen LogP contribution is 2.29. The molecule has 25 heavy (non-hydrogen) atoms. The number of carbonyl (C=O) groups excluding carboxylic acids is 1. The van der Waals surface area contributed by atoms with Crippen molar-refractivity contribution in [3.05, 3.63) is 42.5 Å². The van der Waals surface area contributed by atoms with Crippen LogP contribution in [0.25, 0.3) is 10.8 Å². The van der Waals surface area contributed by atoms with E-state index in [1.54, 1.807) is 6.07 Å². The van der Waals surface area contributed by atoms with E-state index in [2.05, 4.69) is 5.32 Å². The monoisotopic (exact) mass is 347 g/mol. The molecular weight excluding hydrogens is 326 g/mol. The van der Waals surface area contributed by atoms with Crippen molar-refractivity contribution in [1.82, 2.24) is 5.32 Å². The van der Waals surface area contributed by atoms with Gasteiger partial charge in [-0.1, -0.05) is 36.4 Å². The Labute approximate surface area is 144 Å². The molecular formula is C18H21NO6. The first kappa shape index (κ1) is 17.6. The van der Waals surface area contributed by atoms with E-state index in [1.165, 1.54) is 6.92 Å². The van der Waals surface area contributed by atoms with Crippen LogP contribution in [0.15, 0.2) is 42.5 Å². The number of hydrogen-bond donors (Lipinski definition) is 4. The SMILES string of the molecule is CC(=O)N[C@@H]1[C@@H](Oc2cccc3ccccc23)O[C@@H](CO)[C@@H](O)[C@H]1O. The minimum Gasteiger partial charge on any atom is -0.462 e. The second-order valence-corrected chi connectivity index (χ2v) is 6.03. The molecule has 2 aromatic carbocycles. The zero-order chi connectivity index (χ0) is 18.0. The van der Waals surface area contributed by atoms with Crippen LogP contribution in [-0.4, -0.2) is 58.5 Å². The minimum atomic E-state index is -1.34. The summed E-state index contributed by atoms with van der Waals surface area (Å²) in [6, 6.07) is 12.1. The molecule has 7 nitrogen and oxygen atoms in total. The van der Waals surface area contributed by atoms with Gasteiger partial charge in [0.15, 0.2) is 0 Å². The number of hydrogen-bond acceptors (Lipinski definition) is 6. The summed E-state index contributed by atoms with van der Waals surface area (Å²) in [5.74, 6) is 0.118. The van der Waals surface area contributed by atoms with Crippen molar-refractivity contribution in [2.45, 2.75) is 37.6 Å². The Kier molecular flexibility index (Phi) is 5.19. The van der Waals surface area contributed by atoms with E-state index >= 15 is 0 Å². The standard InChI is InChI=1S/C18H21NO6/c1-10(21)19-15-17(23)16(22)14(9-20)25-18(15)24-13-8-4-6-11-5-2-3-7-12(11)13/h2-8,14-18,20,22-23H,9H2,1H3,(H,19,21)/t14-,15-,16+,17-,18-/m0/s1. The average Bonchev–Trinajstić information content (AvgIpc) is 2.61. The number of aliphatic hydroxyl groups excluding tert-OH is 3. The molecule has 0 unspecified atom stereocenters. The summed E-state index contributed by atoms with van der Waals surface area (Å²) in [5, 5.41) is 34.1. The summed E-state index contributed by atoms with van der Waals surface area (Å²) in [6.07, 6.45) is -4.76. The summed E-state index contributed by atoms with van der Waals surface area (Å²) in [5.41, 5.74) is 0. The fourth-order valence-electron chi connectivity index (χ4n) is 2.99. The van der Waals surface area contributed by atoms with Gasteiger partial charge in [-0.2, -0.15) is 0 Å². The molecule has 5 atom stereocenters. The van der Waals surface area contributed by atoms with E-state index in [1.807, 2.05) is 36.4 Å². The summed E-state index contributed by atoms with van der Waals surface area (Å²) < 4.78 is 11.5. The van der Waals surface area contributed by atoms with Crippen molar-refractivity contribution in [3.63, 3.8) is 0 Å². The molecule has 1 heterocycles. The van der Waals surface area contributed by atoms with Crippen LogP contribution < -0.4 is 10.1 Å². The van der Waals surface area contributed by atoms with E-state index in [4.69, 9.17) is 9.47 Å². The lowest BCUT2D eigenvalue weighted by Gasteiger charge is -2.42. The lowest BCUT2D eigenvalue weighted by Crippen LogP contribution is -2.65. The van der Waals surface area contributed by atoms with Gasteiger partial charge in [-0.15, -0.1) is 0 Å². The van der Waals surface area contributed by atoms with Crippen molar-refractivity contribution < 1.29 is 29.6 Å². The van der Waals surface area contributed by atoms with Gasteiger partial charge >= 0.3 is 0 Å². The molecule has 1 amide bonds. The first-order valence-electron chi connectivity index (χ1n) is 8.05. The van der Waals surface area contributed by atoms with Gasteiger partial charge in [-0.3, -0.25) is 4.79 Å². The van der Waals surface area contributed by atoms with Crippen LogP contribution in [0.5, 0.6) is 5.75 Å². The molecule has 0 aromatic heterocycles. The van der Waals surface area contributed by atoms with Gasteiger partial charge in [-0.25, -0.2) is 0 Å². The number of rotatable bonds is 4. The van der Waals surface area contributed by atoms with Gasteiger partial charge in [0.25, 0.3) is 0 Å². The van der Waals surface area contributed by atoms with Crippen LogP contribution in [0.2, 0.25) is 0 Å². The van der Waals surface area contributed by atoms with Crippen LogP contribution in [0.4, 0.5) is 0 Å². The molecule has 0 radical (unpaired) electrons. The second-order valence-electron chi connectivity index (χ2n) is 6.03. The smallest absolute Gasteiger partial charge is 0.223 e. The molecule has 4 N–H and O–H groups in total. The van der Waals surface area contributed by atoms with Crippen LogP contribution in [0, 0.1) is 0 Å². The average molecular weight is 347 g/mol. The summed E-state index contributed by atoms with van der Waals surface area (Å²) >= 11 is 0. The molecule has 134 valence electrons. The van der Waals surface area contributed by atoms with Crippen molar-refractivity contribution >= 4 is 16.7 Å². The Morgan fingerprint density at radius 2 is 1.88 bits per heavy atom. The van der Waals surface area contributed by atoms with Crippen molar-refractivity contribution in [1.29, 1.82) is 0 Å². The molecule has 3 rings (SSSR count). The normalized spacial score (nSPS) is 29.4. The van der Waals surface area contributed by atoms with Crippen LogP contribution >= 0.6 is 0 Å². The molecule has 1 saturated heterocycles. The lowest BCUT2D eigenvalue weighted by molar-refractivity contribution is -0.244. The second kappa shape index (κ2) is 7.37. The number of aliphatic hydroxyl groups is 3.